The number of rotatable bonds is 4. The largest absolute Gasteiger partial charge is 0.386 e. The van der Waals surface area contributed by atoms with Crippen molar-refractivity contribution in [1.29, 1.82) is 0 Å². The zero-order chi connectivity index (χ0) is 15.1. The third kappa shape index (κ3) is 3.71. The molecule has 0 aliphatic carbocycles. The molecule has 3 nitrogen and oxygen atoms in total. The van der Waals surface area contributed by atoms with Gasteiger partial charge in [-0.3, -0.25) is 0 Å². The van der Waals surface area contributed by atoms with Crippen LogP contribution in [-0.2, 0) is 10.2 Å². The molecule has 1 aromatic heterocycles. The zero-order valence-electron chi connectivity index (χ0n) is 12.2. The third-order valence-electron chi connectivity index (χ3n) is 3.62. The molecule has 0 aliphatic heterocycles. The summed E-state index contributed by atoms with van der Waals surface area (Å²) in [6.45, 7) is 12.4. The molecule has 1 aromatic rings. The first-order valence-corrected chi connectivity index (χ1v) is 10.7. The maximum absolute atomic E-state index is 10.8. The van der Waals surface area contributed by atoms with Crippen LogP contribution >= 0.6 is 34.5 Å². The summed E-state index contributed by atoms with van der Waals surface area (Å²) in [6.07, 6.45) is 0.401. The highest BCUT2D eigenvalue weighted by Crippen LogP contribution is 2.45. The van der Waals surface area contributed by atoms with Crippen molar-refractivity contribution in [2.24, 2.45) is 0 Å². The Hall–Kier alpha value is 0.347. The monoisotopic (exact) mass is 341 g/mol. The molecule has 7 heteroatoms. The van der Waals surface area contributed by atoms with E-state index in [0.717, 1.165) is 0 Å². The van der Waals surface area contributed by atoms with Crippen LogP contribution in [0.2, 0.25) is 27.8 Å². The van der Waals surface area contributed by atoms with Crippen LogP contribution in [0.4, 0.5) is 0 Å². The molecule has 0 saturated heterocycles. The summed E-state index contributed by atoms with van der Waals surface area (Å²) < 4.78 is 6.45. The maximum Gasteiger partial charge on any atom is 0.196 e. The van der Waals surface area contributed by atoms with Crippen molar-refractivity contribution >= 4 is 42.9 Å². The van der Waals surface area contributed by atoms with E-state index in [2.05, 4.69) is 38.8 Å². The van der Waals surface area contributed by atoms with Gasteiger partial charge >= 0.3 is 0 Å². The quantitative estimate of drug-likeness (QED) is 0.617. The SMILES string of the molecule is CCC(O)(O[Si](C)(C)C(C)(C)C)c1sc(Cl)nc1Cl. The second kappa shape index (κ2) is 5.62. The normalized spacial score (nSPS) is 16.5. The molecule has 0 spiro atoms. The van der Waals surface area contributed by atoms with Crippen molar-refractivity contribution in [2.45, 2.75) is 58.0 Å². The van der Waals surface area contributed by atoms with Crippen molar-refractivity contribution in [3.05, 3.63) is 14.5 Å². The molecule has 1 atom stereocenters. The van der Waals surface area contributed by atoms with Crippen LogP contribution < -0.4 is 0 Å². The van der Waals surface area contributed by atoms with Crippen molar-refractivity contribution in [3.63, 3.8) is 0 Å². The van der Waals surface area contributed by atoms with Crippen LogP contribution in [0.5, 0.6) is 0 Å². The van der Waals surface area contributed by atoms with E-state index in [4.69, 9.17) is 27.6 Å². The van der Waals surface area contributed by atoms with Crippen LogP contribution in [0.25, 0.3) is 0 Å². The minimum atomic E-state index is -2.13. The van der Waals surface area contributed by atoms with E-state index in [1.54, 1.807) is 0 Å². The molecule has 19 heavy (non-hydrogen) atoms. The fourth-order valence-corrected chi connectivity index (χ4v) is 4.38. The second-order valence-corrected chi connectivity index (χ2v) is 12.8. The molecule has 0 radical (unpaired) electrons. The summed E-state index contributed by atoms with van der Waals surface area (Å²) >= 11 is 13.1. The summed E-state index contributed by atoms with van der Waals surface area (Å²) in [5, 5.41) is 11.0. The van der Waals surface area contributed by atoms with Gasteiger partial charge in [0.25, 0.3) is 0 Å². The Bertz CT molecular complexity index is 459. The van der Waals surface area contributed by atoms with Gasteiger partial charge in [0.15, 0.2) is 18.6 Å². The first kappa shape index (κ1) is 17.4. The molecule has 0 aliphatic rings. The molecule has 1 heterocycles. The summed E-state index contributed by atoms with van der Waals surface area (Å²) in [5.41, 5.74) is 0. The predicted molar refractivity (Wildman–Crippen MR) is 84.6 cm³/mol. The molecule has 110 valence electrons. The number of aromatic nitrogens is 1. The van der Waals surface area contributed by atoms with E-state index in [0.29, 0.717) is 15.8 Å². The number of nitrogens with zero attached hydrogens (tertiary/aromatic N) is 1. The number of thiazole rings is 1. The molecular weight excluding hydrogens is 321 g/mol. The van der Waals surface area contributed by atoms with Gasteiger partial charge in [0.2, 0.25) is 0 Å². The predicted octanol–water partition coefficient (Wildman–Crippen LogP) is 5.03. The van der Waals surface area contributed by atoms with E-state index < -0.39 is 14.1 Å². The van der Waals surface area contributed by atoms with Crippen molar-refractivity contribution < 1.29 is 9.53 Å². The summed E-state index contributed by atoms with van der Waals surface area (Å²) in [7, 11) is -2.13. The lowest BCUT2D eigenvalue weighted by Gasteiger charge is -2.42. The van der Waals surface area contributed by atoms with Gasteiger partial charge in [-0.2, -0.15) is 0 Å². The van der Waals surface area contributed by atoms with Gasteiger partial charge in [-0.25, -0.2) is 4.98 Å². The molecule has 0 amide bonds. The van der Waals surface area contributed by atoms with Gasteiger partial charge in [0.05, 0.1) is 0 Å². The first-order chi connectivity index (χ1) is 8.43. The lowest BCUT2D eigenvalue weighted by molar-refractivity contribution is -0.154. The zero-order valence-corrected chi connectivity index (χ0v) is 15.5. The second-order valence-electron chi connectivity index (χ2n) is 6.09. The Kier molecular flexibility index (Phi) is 5.14. The minimum absolute atomic E-state index is 0.00287. The standard InChI is InChI=1S/C12H21Cl2NO2SSi/c1-7-12(16,8-9(13)15-10(14)18-8)17-19(5,6)11(2,3)4/h16H,7H2,1-6H3. The number of hydrogen-bond donors (Lipinski definition) is 1. The Labute approximate surface area is 130 Å². The van der Waals surface area contributed by atoms with Gasteiger partial charge in [-0.1, -0.05) is 50.9 Å². The molecule has 0 fully saturated rings. The van der Waals surface area contributed by atoms with Gasteiger partial charge in [0, 0.05) is 6.42 Å². The Balaban J connectivity index is 3.16. The first-order valence-electron chi connectivity index (χ1n) is 6.18. The topological polar surface area (TPSA) is 42.4 Å². The Morgan fingerprint density at radius 3 is 2.16 bits per heavy atom. The van der Waals surface area contributed by atoms with E-state index in [1.807, 2.05) is 6.92 Å². The highest BCUT2D eigenvalue weighted by molar-refractivity contribution is 7.16. The highest BCUT2D eigenvalue weighted by atomic mass is 35.5. The Morgan fingerprint density at radius 1 is 1.32 bits per heavy atom. The number of halogens is 2. The smallest absolute Gasteiger partial charge is 0.196 e. The van der Waals surface area contributed by atoms with Crippen molar-refractivity contribution in [1.82, 2.24) is 4.98 Å². The number of hydrogen-bond acceptors (Lipinski definition) is 4. The van der Waals surface area contributed by atoms with Crippen LogP contribution in [0.15, 0.2) is 0 Å². The summed E-state index contributed by atoms with van der Waals surface area (Å²) in [6, 6.07) is 0. The molecule has 0 aromatic carbocycles. The van der Waals surface area contributed by atoms with E-state index in [9.17, 15) is 5.11 Å². The minimum Gasteiger partial charge on any atom is -0.386 e. The van der Waals surface area contributed by atoms with Gasteiger partial charge in [0.1, 0.15) is 10.0 Å². The van der Waals surface area contributed by atoms with E-state index >= 15 is 0 Å². The molecule has 1 rings (SSSR count). The van der Waals surface area contributed by atoms with Crippen LogP contribution in [0, 0.1) is 0 Å². The Morgan fingerprint density at radius 2 is 1.84 bits per heavy atom. The fraction of sp³-hybridized carbons (Fsp3) is 0.750. The third-order valence-corrected chi connectivity index (χ3v) is 9.76. The lowest BCUT2D eigenvalue weighted by Crippen LogP contribution is -2.48. The molecule has 1 unspecified atom stereocenters. The number of aliphatic hydroxyl groups is 1. The van der Waals surface area contributed by atoms with Gasteiger partial charge < -0.3 is 9.53 Å². The van der Waals surface area contributed by atoms with Crippen molar-refractivity contribution in [2.75, 3.05) is 0 Å². The fourth-order valence-electron chi connectivity index (χ4n) is 1.37. The molecular formula is C12H21Cl2NO2SSi. The lowest BCUT2D eigenvalue weighted by atomic mass is 10.2. The van der Waals surface area contributed by atoms with Crippen LogP contribution in [-0.4, -0.2) is 18.4 Å². The maximum atomic E-state index is 10.8. The molecule has 1 N–H and O–H groups in total. The van der Waals surface area contributed by atoms with E-state index in [-0.39, 0.29) is 10.2 Å². The van der Waals surface area contributed by atoms with Crippen molar-refractivity contribution in [3.8, 4) is 0 Å². The molecule has 0 saturated carbocycles. The van der Waals surface area contributed by atoms with Gasteiger partial charge in [-0.05, 0) is 18.1 Å². The van der Waals surface area contributed by atoms with Crippen LogP contribution in [0.1, 0.15) is 39.0 Å². The molecule has 0 bridgehead atoms. The van der Waals surface area contributed by atoms with Gasteiger partial charge in [-0.15, -0.1) is 11.3 Å². The average molecular weight is 342 g/mol. The summed E-state index contributed by atoms with van der Waals surface area (Å²) in [5.74, 6) is -1.41. The highest BCUT2D eigenvalue weighted by Gasteiger charge is 2.46. The van der Waals surface area contributed by atoms with Crippen LogP contribution in [0.3, 0.4) is 0 Å². The summed E-state index contributed by atoms with van der Waals surface area (Å²) in [4.78, 5) is 4.43. The van der Waals surface area contributed by atoms with E-state index in [1.165, 1.54) is 11.3 Å². The average Bonchev–Trinajstić information content (AvgIpc) is 2.56.